The minimum atomic E-state index is -0.850. The standard InChI is InChI=1S/C22H20FN5O3/c1-15(31-18-10-6-5-9-17(18)23)22(29)24-13-14-30-20-12-11-19-25-26-21(28(19)27-20)16-7-3-2-4-8-16/h2-12,15H,13-14H2,1H3,(H,24,29)/t15-/m1/s1. The first-order valence-electron chi connectivity index (χ1n) is 9.71. The Labute approximate surface area is 177 Å². The van der Waals surface area contributed by atoms with E-state index in [4.69, 9.17) is 9.47 Å². The summed E-state index contributed by atoms with van der Waals surface area (Å²) in [4.78, 5) is 12.2. The Bertz CT molecular complexity index is 1180. The maximum Gasteiger partial charge on any atom is 0.260 e. The number of benzene rings is 2. The molecule has 0 aliphatic rings. The predicted octanol–water partition coefficient (Wildman–Crippen LogP) is 2.89. The minimum Gasteiger partial charge on any atom is -0.478 e. The van der Waals surface area contributed by atoms with Crippen LogP contribution in [0, 0.1) is 5.82 Å². The molecule has 2 heterocycles. The maximum absolute atomic E-state index is 13.6. The molecule has 0 fully saturated rings. The number of fused-ring (bicyclic) bond motifs is 1. The highest BCUT2D eigenvalue weighted by atomic mass is 19.1. The molecule has 31 heavy (non-hydrogen) atoms. The SMILES string of the molecule is C[C@@H](Oc1ccccc1F)C(=O)NCCOc1ccc2nnc(-c3ccccc3)n2n1. The number of para-hydroxylation sites is 1. The van der Waals surface area contributed by atoms with Crippen LogP contribution in [-0.2, 0) is 4.79 Å². The zero-order chi connectivity index (χ0) is 21.6. The van der Waals surface area contributed by atoms with Gasteiger partial charge in [0.2, 0.25) is 5.88 Å². The predicted molar refractivity (Wildman–Crippen MR) is 111 cm³/mol. The largest absolute Gasteiger partial charge is 0.478 e. The van der Waals surface area contributed by atoms with E-state index in [9.17, 15) is 9.18 Å². The van der Waals surface area contributed by atoms with Crippen molar-refractivity contribution in [1.82, 2.24) is 25.1 Å². The molecular formula is C22H20FN5O3. The number of amides is 1. The van der Waals surface area contributed by atoms with Gasteiger partial charge in [-0.2, -0.15) is 4.52 Å². The monoisotopic (exact) mass is 421 g/mol. The molecule has 0 aliphatic heterocycles. The van der Waals surface area contributed by atoms with Crippen LogP contribution in [0.3, 0.4) is 0 Å². The summed E-state index contributed by atoms with van der Waals surface area (Å²) in [6, 6.07) is 19.0. The van der Waals surface area contributed by atoms with Crippen LogP contribution in [0.25, 0.3) is 17.0 Å². The van der Waals surface area contributed by atoms with Crippen molar-refractivity contribution in [1.29, 1.82) is 0 Å². The summed E-state index contributed by atoms with van der Waals surface area (Å²) >= 11 is 0. The number of hydrogen-bond acceptors (Lipinski definition) is 6. The number of aromatic nitrogens is 4. The third-order valence-corrected chi connectivity index (χ3v) is 4.43. The fourth-order valence-corrected chi connectivity index (χ4v) is 2.87. The second kappa shape index (κ2) is 9.21. The van der Waals surface area contributed by atoms with Gasteiger partial charge >= 0.3 is 0 Å². The van der Waals surface area contributed by atoms with Gasteiger partial charge in [-0.05, 0) is 25.1 Å². The van der Waals surface area contributed by atoms with Crippen molar-refractivity contribution in [3.8, 4) is 23.0 Å². The van der Waals surface area contributed by atoms with Crippen molar-refractivity contribution in [2.75, 3.05) is 13.2 Å². The number of rotatable bonds is 8. The summed E-state index contributed by atoms with van der Waals surface area (Å²) in [5.41, 5.74) is 1.48. The molecule has 0 bridgehead atoms. The summed E-state index contributed by atoms with van der Waals surface area (Å²) in [6.45, 7) is 1.98. The van der Waals surface area contributed by atoms with Crippen molar-refractivity contribution in [3.05, 3.63) is 72.5 Å². The average molecular weight is 421 g/mol. The molecule has 1 atom stereocenters. The zero-order valence-corrected chi connectivity index (χ0v) is 16.7. The van der Waals surface area contributed by atoms with Crippen LogP contribution in [0.1, 0.15) is 6.92 Å². The second-order valence-corrected chi connectivity index (χ2v) is 6.66. The molecule has 1 N–H and O–H groups in total. The number of halogens is 1. The molecule has 0 saturated heterocycles. The summed E-state index contributed by atoms with van der Waals surface area (Å²) < 4.78 is 26.2. The number of nitrogens with one attached hydrogen (secondary N) is 1. The molecule has 0 spiro atoms. The quantitative estimate of drug-likeness (QED) is 0.440. The van der Waals surface area contributed by atoms with Gasteiger partial charge in [-0.1, -0.05) is 42.5 Å². The third-order valence-electron chi connectivity index (χ3n) is 4.43. The van der Waals surface area contributed by atoms with Gasteiger partial charge in [-0.15, -0.1) is 15.3 Å². The van der Waals surface area contributed by atoms with E-state index >= 15 is 0 Å². The van der Waals surface area contributed by atoms with E-state index < -0.39 is 11.9 Å². The summed E-state index contributed by atoms with van der Waals surface area (Å²) in [5, 5.41) is 15.4. The molecule has 158 valence electrons. The molecule has 8 nitrogen and oxygen atoms in total. The van der Waals surface area contributed by atoms with E-state index in [1.165, 1.54) is 12.1 Å². The first-order chi connectivity index (χ1) is 15.1. The lowest BCUT2D eigenvalue weighted by molar-refractivity contribution is -0.127. The van der Waals surface area contributed by atoms with Crippen molar-refractivity contribution < 1.29 is 18.7 Å². The molecule has 0 radical (unpaired) electrons. The number of ether oxygens (including phenoxy) is 2. The molecule has 1 amide bonds. The Morgan fingerprint density at radius 1 is 1.06 bits per heavy atom. The zero-order valence-electron chi connectivity index (χ0n) is 16.7. The Morgan fingerprint density at radius 3 is 2.65 bits per heavy atom. The molecule has 0 aliphatic carbocycles. The van der Waals surface area contributed by atoms with Crippen LogP contribution < -0.4 is 14.8 Å². The van der Waals surface area contributed by atoms with E-state index in [0.29, 0.717) is 17.4 Å². The van der Waals surface area contributed by atoms with Crippen LogP contribution in [0.5, 0.6) is 11.6 Å². The number of hydrogen-bond donors (Lipinski definition) is 1. The van der Waals surface area contributed by atoms with Crippen LogP contribution >= 0.6 is 0 Å². The summed E-state index contributed by atoms with van der Waals surface area (Å²) in [5.74, 6) is 0.112. The normalized spacial score (nSPS) is 11.8. The molecular weight excluding hydrogens is 401 g/mol. The molecule has 2 aromatic carbocycles. The van der Waals surface area contributed by atoms with E-state index in [1.807, 2.05) is 30.3 Å². The number of nitrogens with zero attached hydrogens (tertiary/aromatic N) is 4. The molecule has 2 aromatic heterocycles. The summed E-state index contributed by atoms with van der Waals surface area (Å²) in [6.07, 6.45) is -0.850. The molecule has 9 heteroatoms. The van der Waals surface area contributed by atoms with E-state index in [2.05, 4.69) is 20.6 Å². The Hall–Kier alpha value is -4.01. The van der Waals surface area contributed by atoms with Gasteiger partial charge in [0.25, 0.3) is 5.91 Å². The fourth-order valence-electron chi connectivity index (χ4n) is 2.87. The molecule has 4 rings (SSSR count). The van der Waals surface area contributed by atoms with Crippen LogP contribution in [0.4, 0.5) is 4.39 Å². The van der Waals surface area contributed by atoms with Gasteiger partial charge < -0.3 is 14.8 Å². The molecule has 0 unspecified atom stereocenters. The van der Waals surface area contributed by atoms with Gasteiger partial charge in [0.1, 0.15) is 6.61 Å². The van der Waals surface area contributed by atoms with Crippen LogP contribution in [0.2, 0.25) is 0 Å². The smallest absolute Gasteiger partial charge is 0.260 e. The van der Waals surface area contributed by atoms with E-state index in [1.54, 1.807) is 35.7 Å². The first-order valence-corrected chi connectivity index (χ1v) is 9.71. The highest BCUT2D eigenvalue weighted by Crippen LogP contribution is 2.19. The van der Waals surface area contributed by atoms with Crippen molar-refractivity contribution in [3.63, 3.8) is 0 Å². The lowest BCUT2D eigenvalue weighted by Crippen LogP contribution is -2.38. The van der Waals surface area contributed by atoms with Crippen molar-refractivity contribution >= 4 is 11.6 Å². The van der Waals surface area contributed by atoms with Crippen molar-refractivity contribution in [2.24, 2.45) is 0 Å². The number of carbonyl (C=O) groups excluding carboxylic acids is 1. The lowest BCUT2D eigenvalue weighted by atomic mass is 10.2. The fraction of sp³-hybridized carbons (Fsp3) is 0.182. The minimum absolute atomic E-state index is 0.0297. The Kier molecular flexibility index (Phi) is 6.02. The molecule has 4 aromatic rings. The first kappa shape index (κ1) is 20.3. The van der Waals surface area contributed by atoms with E-state index in [0.717, 1.165) is 5.56 Å². The van der Waals surface area contributed by atoms with Crippen molar-refractivity contribution in [2.45, 2.75) is 13.0 Å². The number of carbonyl (C=O) groups is 1. The topological polar surface area (TPSA) is 90.6 Å². The van der Waals surface area contributed by atoms with Gasteiger partial charge in [-0.3, -0.25) is 4.79 Å². The van der Waals surface area contributed by atoms with Gasteiger partial charge in [0.15, 0.2) is 29.1 Å². The van der Waals surface area contributed by atoms with E-state index in [-0.39, 0.29) is 24.8 Å². The highest BCUT2D eigenvalue weighted by molar-refractivity contribution is 5.80. The second-order valence-electron chi connectivity index (χ2n) is 6.66. The average Bonchev–Trinajstić information content (AvgIpc) is 3.22. The highest BCUT2D eigenvalue weighted by Gasteiger charge is 2.16. The Balaban J connectivity index is 1.31. The van der Waals surface area contributed by atoms with Crippen LogP contribution in [-0.4, -0.2) is 45.0 Å². The van der Waals surface area contributed by atoms with Gasteiger partial charge in [0, 0.05) is 11.6 Å². The maximum atomic E-state index is 13.6. The summed E-state index contributed by atoms with van der Waals surface area (Å²) in [7, 11) is 0. The van der Waals surface area contributed by atoms with Gasteiger partial charge in [0.05, 0.1) is 6.54 Å². The Morgan fingerprint density at radius 2 is 1.84 bits per heavy atom. The molecule has 0 saturated carbocycles. The third kappa shape index (κ3) is 4.77. The van der Waals surface area contributed by atoms with Crippen LogP contribution in [0.15, 0.2) is 66.7 Å². The lowest BCUT2D eigenvalue weighted by Gasteiger charge is -2.15. The van der Waals surface area contributed by atoms with Gasteiger partial charge in [-0.25, -0.2) is 4.39 Å².